The molecule has 1 N–H and O–H groups in total. The van der Waals surface area contributed by atoms with Gasteiger partial charge in [-0.2, -0.15) is 0 Å². The van der Waals surface area contributed by atoms with Crippen LogP contribution >= 0.6 is 0 Å². The molecule has 0 bridgehead atoms. The van der Waals surface area contributed by atoms with Crippen molar-refractivity contribution in [3.05, 3.63) is 59.9 Å². The van der Waals surface area contributed by atoms with E-state index in [1.54, 1.807) is 43.8 Å². The second-order valence-electron chi connectivity index (χ2n) is 3.69. The number of ether oxygens (including phenoxy) is 1. The highest BCUT2D eigenvalue weighted by atomic mass is 16.5. The molecule has 0 fully saturated rings. The molecule has 1 atom stereocenters. The molecule has 1 aromatic heterocycles. The number of aromatic nitrogens is 1. The van der Waals surface area contributed by atoms with Gasteiger partial charge < -0.3 is 9.84 Å². The van der Waals surface area contributed by atoms with E-state index in [0.717, 1.165) is 16.9 Å². The summed E-state index contributed by atoms with van der Waals surface area (Å²) < 4.78 is 5.05. The van der Waals surface area contributed by atoms with E-state index in [9.17, 15) is 5.11 Å². The minimum atomic E-state index is -0.809. The highest BCUT2D eigenvalue weighted by Gasteiger charge is 2.03. The first-order valence-electron chi connectivity index (χ1n) is 5.53. The van der Waals surface area contributed by atoms with Crippen molar-refractivity contribution >= 4 is 0 Å². The lowest BCUT2D eigenvalue weighted by atomic mass is 10.1. The second-order valence-corrected chi connectivity index (χ2v) is 3.69. The van der Waals surface area contributed by atoms with E-state index < -0.39 is 6.10 Å². The zero-order chi connectivity index (χ0) is 12.8. The Morgan fingerprint density at radius 2 is 2.00 bits per heavy atom. The second kappa shape index (κ2) is 5.85. The third-order valence-corrected chi connectivity index (χ3v) is 2.45. The normalized spacial score (nSPS) is 11.2. The first-order chi connectivity index (χ1) is 8.79. The summed E-state index contributed by atoms with van der Waals surface area (Å²) >= 11 is 0. The fraction of sp³-hybridized carbons (Fsp3) is 0.133. The smallest absolute Gasteiger partial charge is 0.140 e. The average Bonchev–Trinajstić information content (AvgIpc) is 2.46. The average molecular weight is 239 g/mol. The first-order valence-corrected chi connectivity index (χ1v) is 5.53. The molecule has 2 aromatic rings. The van der Waals surface area contributed by atoms with Crippen molar-refractivity contribution in [2.75, 3.05) is 7.11 Å². The standard InChI is InChI=1S/C15H13NO2/c1-18-14-7-5-13(6-8-14)15(17)9-4-12-3-2-10-16-11-12/h2-3,5-8,10-11,15,17H,1H3/t15-/m1/s1. The number of nitrogens with zero attached hydrogens (tertiary/aromatic N) is 1. The molecule has 0 unspecified atom stereocenters. The van der Waals surface area contributed by atoms with Crippen molar-refractivity contribution in [2.24, 2.45) is 0 Å². The maximum Gasteiger partial charge on any atom is 0.140 e. The highest BCUT2D eigenvalue weighted by molar-refractivity contribution is 5.36. The molecule has 0 saturated heterocycles. The number of methoxy groups -OCH3 is 1. The number of aliphatic hydroxyl groups excluding tert-OH is 1. The van der Waals surface area contributed by atoms with E-state index in [1.807, 2.05) is 12.1 Å². The van der Waals surface area contributed by atoms with Crippen LogP contribution in [0.25, 0.3) is 0 Å². The Labute approximate surface area is 106 Å². The third-order valence-electron chi connectivity index (χ3n) is 2.45. The van der Waals surface area contributed by atoms with Gasteiger partial charge in [0.2, 0.25) is 0 Å². The molecular formula is C15H13NO2. The number of hydrogen-bond acceptors (Lipinski definition) is 3. The van der Waals surface area contributed by atoms with E-state index in [0.29, 0.717) is 0 Å². The van der Waals surface area contributed by atoms with Gasteiger partial charge in [-0.1, -0.05) is 24.0 Å². The van der Waals surface area contributed by atoms with Crippen LogP contribution in [0.3, 0.4) is 0 Å². The predicted molar refractivity (Wildman–Crippen MR) is 69.1 cm³/mol. The fourth-order valence-electron chi connectivity index (χ4n) is 1.46. The van der Waals surface area contributed by atoms with Crippen LogP contribution in [0.5, 0.6) is 5.75 Å². The maximum atomic E-state index is 9.91. The van der Waals surface area contributed by atoms with Crippen LogP contribution in [0.2, 0.25) is 0 Å². The van der Waals surface area contributed by atoms with Gasteiger partial charge in [0, 0.05) is 18.0 Å². The van der Waals surface area contributed by atoms with E-state index in [-0.39, 0.29) is 0 Å². The van der Waals surface area contributed by atoms with Crippen LogP contribution in [0.15, 0.2) is 48.8 Å². The minimum absolute atomic E-state index is 0.743. The van der Waals surface area contributed by atoms with E-state index in [1.165, 1.54) is 0 Å². The highest BCUT2D eigenvalue weighted by Crippen LogP contribution is 2.16. The Kier molecular flexibility index (Phi) is 3.95. The first kappa shape index (κ1) is 12.2. The molecule has 0 spiro atoms. The molecule has 90 valence electrons. The largest absolute Gasteiger partial charge is 0.497 e. The molecule has 18 heavy (non-hydrogen) atoms. The molecule has 3 heteroatoms. The molecule has 0 saturated carbocycles. The van der Waals surface area contributed by atoms with Gasteiger partial charge in [-0.05, 0) is 29.8 Å². The fourth-order valence-corrected chi connectivity index (χ4v) is 1.46. The lowest BCUT2D eigenvalue weighted by Gasteiger charge is -2.04. The van der Waals surface area contributed by atoms with Crippen molar-refractivity contribution in [1.82, 2.24) is 4.98 Å². The Morgan fingerprint density at radius 1 is 1.22 bits per heavy atom. The number of benzene rings is 1. The van der Waals surface area contributed by atoms with Gasteiger partial charge in [0.1, 0.15) is 11.9 Å². The monoisotopic (exact) mass is 239 g/mol. The molecule has 0 amide bonds. The van der Waals surface area contributed by atoms with E-state index in [2.05, 4.69) is 16.8 Å². The van der Waals surface area contributed by atoms with Crippen LogP contribution in [0.4, 0.5) is 0 Å². The lowest BCUT2D eigenvalue weighted by molar-refractivity contribution is 0.238. The quantitative estimate of drug-likeness (QED) is 0.817. The third kappa shape index (κ3) is 3.09. The zero-order valence-corrected chi connectivity index (χ0v) is 10.00. The minimum Gasteiger partial charge on any atom is -0.497 e. The predicted octanol–water partition coefficient (Wildman–Crippen LogP) is 2.18. The maximum absolute atomic E-state index is 9.91. The summed E-state index contributed by atoms with van der Waals surface area (Å²) in [6, 6.07) is 10.8. The summed E-state index contributed by atoms with van der Waals surface area (Å²) in [5, 5.41) is 9.91. The molecule has 1 heterocycles. The Balaban J connectivity index is 2.12. The Bertz CT molecular complexity index is 553. The molecular weight excluding hydrogens is 226 g/mol. The van der Waals surface area contributed by atoms with Crippen molar-refractivity contribution in [3.63, 3.8) is 0 Å². The van der Waals surface area contributed by atoms with Crippen LogP contribution in [0.1, 0.15) is 17.2 Å². The van der Waals surface area contributed by atoms with Crippen LogP contribution in [-0.2, 0) is 0 Å². The Hall–Kier alpha value is -2.31. The lowest BCUT2D eigenvalue weighted by Crippen LogP contribution is -1.94. The van der Waals surface area contributed by atoms with Crippen LogP contribution in [-0.4, -0.2) is 17.2 Å². The zero-order valence-electron chi connectivity index (χ0n) is 10.00. The Morgan fingerprint density at radius 3 is 2.61 bits per heavy atom. The number of rotatable bonds is 2. The molecule has 1 aromatic carbocycles. The van der Waals surface area contributed by atoms with E-state index >= 15 is 0 Å². The van der Waals surface area contributed by atoms with Crippen LogP contribution in [0, 0.1) is 11.8 Å². The van der Waals surface area contributed by atoms with E-state index in [4.69, 9.17) is 4.74 Å². The van der Waals surface area contributed by atoms with Gasteiger partial charge in [-0.25, -0.2) is 0 Å². The van der Waals surface area contributed by atoms with Crippen LogP contribution < -0.4 is 4.74 Å². The summed E-state index contributed by atoms with van der Waals surface area (Å²) in [6.07, 6.45) is 2.54. The van der Waals surface area contributed by atoms with Gasteiger partial charge in [0.05, 0.1) is 7.11 Å². The molecule has 0 aliphatic carbocycles. The molecule has 0 aliphatic heterocycles. The molecule has 0 radical (unpaired) electrons. The van der Waals surface area contributed by atoms with Gasteiger partial charge >= 0.3 is 0 Å². The SMILES string of the molecule is COc1ccc([C@H](O)C#Cc2cccnc2)cc1. The van der Waals surface area contributed by atoms with Gasteiger partial charge in [0.15, 0.2) is 0 Å². The number of hydrogen-bond donors (Lipinski definition) is 1. The summed E-state index contributed by atoms with van der Waals surface area (Å²) in [7, 11) is 1.60. The van der Waals surface area contributed by atoms with Gasteiger partial charge in [-0.3, -0.25) is 4.98 Å². The van der Waals surface area contributed by atoms with Gasteiger partial charge in [0.25, 0.3) is 0 Å². The van der Waals surface area contributed by atoms with Crippen molar-refractivity contribution in [1.29, 1.82) is 0 Å². The molecule has 0 aliphatic rings. The molecule has 3 nitrogen and oxygen atoms in total. The van der Waals surface area contributed by atoms with Crippen molar-refractivity contribution < 1.29 is 9.84 Å². The molecule has 2 rings (SSSR count). The van der Waals surface area contributed by atoms with Gasteiger partial charge in [-0.15, -0.1) is 0 Å². The summed E-state index contributed by atoms with van der Waals surface area (Å²) in [6.45, 7) is 0. The number of pyridine rings is 1. The summed E-state index contributed by atoms with van der Waals surface area (Å²) in [5.41, 5.74) is 1.53. The number of aliphatic hydroxyl groups is 1. The van der Waals surface area contributed by atoms with Crippen molar-refractivity contribution in [2.45, 2.75) is 6.10 Å². The topological polar surface area (TPSA) is 42.4 Å². The van der Waals surface area contributed by atoms with Crippen molar-refractivity contribution in [3.8, 4) is 17.6 Å². The summed E-state index contributed by atoms with van der Waals surface area (Å²) in [4.78, 5) is 3.96. The summed E-state index contributed by atoms with van der Waals surface area (Å²) in [5.74, 6) is 6.41.